The highest BCUT2D eigenvalue weighted by atomic mass is 16.3. The van der Waals surface area contributed by atoms with Gasteiger partial charge in [-0.15, -0.1) is 0 Å². The van der Waals surface area contributed by atoms with E-state index in [4.69, 9.17) is 10.2 Å². The monoisotopic (exact) mass is 249 g/mol. The minimum atomic E-state index is -0.415. The van der Waals surface area contributed by atoms with E-state index in [0.717, 1.165) is 27.5 Å². The van der Waals surface area contributed by atoms with E-state index in [0.29, 0.717) is 0 Å². The van der Waals surface area contributed by atoms with E-state index in [1.54, 1.807) is 0 Å². The van der Waals surface area contributed by atoms with Crippen LogP contribution >= 0.6 is 0 Å². The van der Waals surface area contributed by atoms with Crippen molar-refractivity contribution in [1.29, 1.82) is 0 Å². The third kappa shape index (κ3) is 2.16. The molecule has 0 atom stereocenters. The maximum Gasteiger partial charge on any atom is 0.229 e. The summed E-state index contributed by atoms with van der Waals surface area (Å²) in [6, 6.07) is 13.6. The summed E-state index contributed by atoms with van der Waals surface area (Å²) in [7, 11) is 0. The van der Waals surface area contributed by atoms with Crippen LogP contribution in [-0.4, -0.2) is 5.91 Å². The number of hydrogen-bond acceptors (Lipinski definition) is 2. The van der Waals surface area contributed by atoms with Crippen LogP contribution in [0, 0.1) is 11.8 Å². The first-order valence-electron chi connectivity index (χ1n) is 5.92. The van der Waals surface area contributed by atoms with E-state index in [9.17, 15) is 4.79 Å². The second-order valence-corrected chi connectivity index (χ2v) is 4.25. The Morgan fingerprint density at radius 2 is 1.89 bits per heavy atom. The van der Waals surface area contributed by atoms with Crippen molar-refractivity contribution in [3.8, 4) is 11.8 Å². The molecule has 1 amide bonds. The van der Waals surface area contributed by atoms with Gasteiger partial charge in [-0.25, -0.2) is 0 Å². The molecule has 0 saturated heterocycles. The second-order valence-electron chi connectivity index (χ2n) is 4.25. The Morgan fingerprint density at radius 3 is 2.74 bits per heavy atom. The molecule has 3 nitrogen and oxygen atoms in total. The van der Waals surface area contributed by atoms with E-state index in [1.165, 1.54) is 0 Å². The Balaban J connectivity index is 2.10. The molecule has 0 spiro atoms. The largest absolute Gasteiger partial charge is 0.456 e. The Bertz CT molecular complexity index is 834. The normalized spacial score (nSPS) is 10.3. The molecule has 92 valence electrons. The minimum Gasteiger partial charge on any atom is -0.456 e. The molecule has 0 fully saturated rings. The number of fused-ring (bicyclic) bond motifs is 3. The molecule has 1 aromatic heterocycles. The third-order valence-electron chi connectivity index (χ3n) is 2.87. The smallest absolute Gasteiger partial charge is 0.229 e. The molecule has 2 aromatic carbocycles. The van der Waals surface area contributed by atoms with Crippen molar-refractivity contribution in [2.75, 3.05) is 0 Å². The summed E-state index contributed by atoms with van der Waals surface area (Å²) in [4.78, 5) is 10.6. The van der Waals surface area contributed by atoms with E-state index in [2.05, 4.69) is 11.8 Å². The fourth-order valence-corrected chi connectivity index (χ4v) is 2.04. The van der Waals surface area contributed by atoms with Crippen LogP contribution in [0.25, 0.3) is 21.9 Å². The first-order chi connectivity index (χ1) is 9.24. The van der Waals surface area contributed by atoms with Gasteiger partial charge in [-0.1, -0.05) is 30.0 Å². The molecule has 0 aliphatic rings. The Morgan fingerprint density at radius 1 is 1.11 bits per heavy atom. The zero-order valence-corrected chi connectivity index (χ0v) is 10.1. The predicted molar refractivity (Wildman–Crippen MR) is 74.4 cm³/mol. The van der Waals surface area contributed by atoms with Crippen LogP contribution < -0.4 is 5.73 Å². The van der Waals surface area contributed by atoms with Crippen molar-refractivity contribution < 1.29 is 9.21 Å². The molecule has 0 aliphatic heterocycles. The van der Waals surface area contributed by atoms with Crippen molar-refractivity contribution in [3.05, 3.63) is 48.0 Å². The van der Waals surface area contributed by atoms with Crippen LogP contribution in [0.3, 0.4) is 0 Å². The third-order valence-corrected chi connectivity index (χ3v) is 2.87. The number of furan rings is 1. The first kappa shape index (κ1) is 11.4. The molecule has 0 unspecified atom stereocenters. The lowest BCUT2D eigenvalue weighted by atomic mass is 10.1. The fraction of sp³-hybridized carbons (Fsp3) is 0.0625. The number of amides is 1. The Hall–Kier alpha value is -2.73. The van der Waals surface area contributed by atoms with Crippen LogP contribution in [0.4, 0.5) is 0 Å². The van der Waals surface area contributed by atoms with Crippen molar-refractivity contribution >= 4 is 27.8 Å². The molecule has 0 aliphatic carbocycles. The van der Waals surface area contributed by atoms with Gasteiger partial charge in [-0.05, 0) is 24.3 Å². The van der Waals surface area contributed by atoms with Gasteiger partial charge in [0.15, 0.2) is 0 Å². The van der Waals surface area contributed by atoms with E-state index >= 15 is 0 Å². The molecule has 2 N–H and O–H groups in total. The summed E-state index contributed by atoms with van der Waals surface area (Å²) in [5.74, 6) is 5.27. The number of hydrogen-bond donors (Lipinski definition) is 1. The van der Waals surface area contributed by atoms with Gasteiger partial charge in [-0.2, -0.15) is 0 Å². The number of primary amides is 1. The van der Waals surface area contributed by atoms with Crippen molar-refractivity contribution in [3.63, 3.8) is 0 Å². The average Bonchev–Trinajstić information content (AvgIpc) is 2.76. The lowest BCUT2D eigenvalue weighted by Crippen LogP contribution is -2.08. The highest BCUT2D eigenvalue weighted by Crippen LogP contribution is 2.28. The Kier molecular flexibility index (Phi) is 2.70. The van der Waals surface area contributed by atoms with Gasteiger partial charge in [0, 0.05) is 16.3 Å². The number of rotatable bonds is 1. The molecule has 3 rings (SSSR count). The molecule has 0 radical (unpaired) electrons. The van der Waals surface area contributed by atoms with E-state index < -0.39 is 5.91 Å². The van der Waals surface area contributed by atoms with Crippen molar-refractivity contribution in [2.45, 2.75) is 6.42 Å². The molecule has 19 heavy (non-hydrogen) atoms. The van der Waals surface area contributed by atoms with Gasteiger partial charge in [0.1, 0.15) is 11.2 Å². The fourth-order valence-electron chi connectivity index (χ4n) is 2.04. The second kappa shape index (κ2) is 4.51. The number of benzene rings is 2. The van der Waals surface area contributed by atoms with E-state index in [-0.39, 0.29) is 6.42 Å². The van der Waals surface area contributed by atoms with Gasteiger partial charge >= 0.3 is 0 Å². The summed E-state index contributed by atoms with van der Waals surface area (Å²) in [5.41, 5.74) is 7.59. The van der Waals surface area contributed by atoms with Crippen LogP contribution in [0.5, 0.6) is 0 Å². The molecule has 1 heterocycles. The zero-order valence-electron chi connectivity index (χ0n) is 10.1. The molecule has 0 bridgehead atoms. The standard InChI is InChI=1S/C16H11NO2/c17-16(18)7-3-4-11-8-9-15-13(10-11)12-5-1-2-6-14(12)19-15/h1-2,5-6,8-10H,7H2,(H2,17,18). The lowest BCUT2D eigenvalue weighted by molar-refractivity contribution is -0.117. The summed E-state index contributed by atoms with van der Waals surface area (Å²) in [6.07, 6.45) is 0.0736. The van der Waals surface area contributed by atoms with Crippen LogP contribution in [0.15, 0.2) is 46.9 Å². The molecule has 0 saturated carbocycles. The quantitative estimate of drug-likeness (QED) is 0.674. The summed E-state index contributed by atoms with van der Waals surface area (Å²) < 4.78 is 5.73. The SMILES string of the molecule is NC(=O)CC#Cc1ccc2oc3ccccc3c2c1. The molecular weight excluding hydrogens is 238 g/mol. The zero-order chi connectivity index (χ0) is 13.2. The first-order valence-corrected chi connectivity index (χ1v) is 5.92. The molecule has 3 aromatic rings. The van der Waals surface area contributed by atoms with Gasteiger partial charge in [0.05, 0.1) is 6.42 Å². The number of carbonyl (C=O) groups is 1. The minimum absolute atomic E-state index is 0.0736. The van der Waals surface area contributed by atoms with E-state index in [1.807, 2.05) is 42.5 Å². The molecular formula is C16H11NO2. The predicted octanol–water partition coefficient (Wildman–Crippen LogP) is 2.81. The lowest BCUT2D eigenvalue weighted by Gasteiger charge is -1.91. The summed E-state index contributed by atoms with van der Waals surface area (Å²) >= 11 is 0. The average molecular weight is 249 g/mol. The van der Waals surface area contributed by atoms with Crippen molar-refractivity contribution in [1.82, 2.24) is 0 Å². The molecule has 3 heteroatoms. The topological polar surface area (TPSA) is 56.2 Å². The highest BCUT2D eigenvalue weighted by Gasteiger charge is 2.05. The maximum atomic E-state index is 10.6. The number of para-hydroxylation sites is 1. The van der Waals surface area contributed by atoms with Gasteiger partial charge < -0.3 is 10.2 Å². The van der Waals surface area contributed by atoms with Crippen LogP contribution in [-0.2, 0) is 4.79 Å². The van der Waals surface area contributed by atoms with Gasteiger partial charge in [-0.3, -0.25) is 4.79 Å². The maximum absolute atomic E-state index is 10.6. The van der Waals surface area contributed by atoms with Crippen LogP contribution in [0.1, 0.15) is 12.0 Å². The highest BCUT2D eigenvalue weighted by molar-refractivity contribution is 6.05. The summed E-state index contributed by atoms with van der Waals surface area (Å²) in [5, 5.41) is 2.09. The number of nitrogens with two attached hydrogens (primary N) is 1. The van der Waals surface area contributed by atoms with Crippen LogP contribution in [0.2, 0.25) is 0 Å². The summed E-state index contributed by atoms with van der Waals surface area (Å²) in [6.45, 7) is 0. The van der Waals surface area contributed by atoms with Gasteiger partial charge in [0.2, 0.25) is 5.91 Å². The Labute approximate surface area is 110 Å². The van der Waals surface area contributed by atoms with Crippen molar-refractivity contribution in [2.24, 2.45) is 5.73 Å². The number of carbonyl (C=O) groups excluding carboxylic acids is 1. The van der Waals surface area contributed by atoms with Gasteiger partial charge in [0.25, 0.3) is 0 Å².